The monoisotopic (exact) mass is 421 g/mol. The third-order valence-corrected chi connectivity index (χ3v) is 7.07. The number of rotatable bonds is 6. The molecule has 1 amide bonds. The van der Waals surface area contributed by atoms with Crippen molar-refractivity contribution in [1.29, 1.82) is 0 Å². The molecule has 0 saturated heterocycles. The molecule has 0 bridgehead atoms. The van der Waals surface area contributed by atoms with Crippen LogP contribution in [0.1, 0.15) is 71.1 Å². The number of benzene rings is 1. The van der Waals surface area contributed by atoms with Crippen molar-refractivity contribution in [2.24, 2.45) is 5.73 Å². The SMILES string of the molecule is CCC1(NCc2ccc(C)c(C)c2)CCC(c2c(C(N)=O)cnc3[nH]ncc23)C(O)C1. The quantitative estimate of drug-likeness (QED) is 0.487. The molecule has 0 aliphatic heterocycles. The van der Waals surface area contributed by atoms with Crippen molar-refractivity contribution in [2.75, 3.05) is 0 Å². The molecule has 0 spiro atoms. The smallest absolute Gasteiger partial charge is 0.250 e. The summed E-state index contributed by atoms with van der Waals surface area (Å²) >= 11 is 0. The van der Waals surface area contributed by atoms with Crippen LogP contribution in [0.25, 0.3) is 11.0 Å². The van der Waals surface area contributed by atoms with Crippen LogP contribution in [0, 0.1) is 13.8 Å². The van der Waals surface area contributed by atoms with Gasteiger partial charge in [0.05, 0.1) is 17.9 Å². The van der Waals surface area contributed by atoms with Gasteiger partial charge in [-0.2, -0.15) is 5.10 Å². The maximum absolute atomic E-state index is 12.1. The van der Waals surface area contributed by atoms with E-state index in [9.17, 15) is 9.90 Å². The summed E-state index contributed by atoms with van der Waals surface area (Å²) in [5.41, 5.74) is 11.0. The van der Waals surface area contributed by atoms with Gasteiger partial charge in [-0.15, -0.1) is 0 Å². The molecule has 2 heterocycles. The van der Waals surface area contributed by atoms with Crippen LogP contribution in [0.15, 0.2) is 30.6 Å². The molecule has 1 aromatic carbocycles. The Bertz CT molecular complexity index is 1110. The molecule has 0 radical (unpaired) electrons. The number of pyridine rings is 1. The average molecular weight is 422 g/mol. The van der Waals surface area contributed by atoms with E-state index in [1.54, 1.807) is 6.20 Å². The zero-order valence-electron chi connectivity index (χ0n) is 18.4. The van der Waals surface area contributed by atoms with E-state index in [4.69, 9.17) is 5.73 Å². The third kappa shape index (κ3) is 4.07. The topological polar surface area (TPSA) is 117 Å². The summed E-state index contributed by atoms with van der Waals surface area (Å²) in [4.78, 5) is 16.3. The number of primary amides is 1. The second-order valence-electron chi connectivity index (χ2n) is 8.90. The maximum Gasteiger partial charge on any atom is 0.250 e. The van der Waals surface area contributed by atoms with Crippen molar-refractivity contribution in [3.05, 3.63) is 58.4 Å². The van der Waals surface area contributed by atoms with Gasteiger partial charge < -0.3 is 16.2 Å². The van der Waals surface area contributed by atoms with Gasteiger partial charge in [-0.25, -0.2) is 4.98 Å². The van der Waals surface area contributed by atoms with Gasteiger partial charge in [0.25, 0.3) is 5.91 Å². The number of nitrogens with zero attached hydrogens (tertiary/aromatic N) is 2. The molecule has 3 atom stereocenters. The van der Waals surface area contributed by atoms with Crippen LogP contribution in [0.5, 0.6) is 0 Å². The lowest BCUT2D eigenvalue weighted by molar-refractivity contribution is 0.0485. The lowest BCUT2D eigenvalue weighted by Crippen LogP contribution is -2.51. The van der Waals surface area contributed by atoms with Gasteiger partial charge in [-0.05, 0) is 61.8 Å². The minimum Gasteiger partial charge on any atom is -0.392 e. The molecule has 4 rings (SSSR count). The Labute approximate surface area is 182 Å². The number of aromatic amines is 1. The second kappa shape index (κ2) is 8.40. The predicted molar refractivity (Wildman–Crippen MR) is 121 cm³/mol. The van der Waals surface area contributed by atoms with Crippen molar-refractivity contribution in [1.82, 2.24) is 20.5 Å². The Kier molecular flexibility index (Phi) is 5.81. The number of aromatic nitrogens is 3. The molecule has 1 aliphatic carbocycles. The number of hydrogen-bond donors (Lipinski definition) is 4. The first kappa shape index (κ1) is 21.5. The number of carbonyl (C=O) groups excluding carboxylic acids is 1. The molecular weight excluding hydrogens is 390 g/mol. The second-order valence-corrected chi connectivity index (χ2v) is 8.90. The van der Waals surface area contributed by atoms with Crippen molar-refractivity contribution in [2.45, 2.75) is 70.6 Å². The van der Waals surface area contributed by atoms with Gasteiger partial charge in [0, 0.05) is 29.6 Å². The summed E-state index contributed by atoms with van der Waals surface area (Å²) in [5.74, 6) is -0.716. The molecule has 7 heteroatoms. The van der Waals surface area contributed by atoms with Crippen LogP contribution in [0.3, 0.4) is 0 Å². The molecule has 31 heavy (non-hydrogen) atoms. The van der Waals surface area contributed by atoms with E-state index in [1.807, 2.05) is 0 Å². The number of hydrogen-bond acceptors (Lipinski definition) is 5. The van der Waals surface area contributed by atoms with E-state index in [0.29, 0.717) is 17.6 Å². The lowest BCUT2D eigenvalue weighted by Gasteiger charge is -2.44. The average Bonchev–Trinajstić information content (AvgIpc) is 3.23. The molecule has 2 aromatic heterocycles. The molecule has 7 nitrogen and oxygen atoms in total. The molecular formula is C24H31N5O2. The fraction of sp³-hybridized carbons (Fsp3) is 0.458. The number of carbonyl (C=O) groups is 1. The van der Waals surface area contributed by atoms with E-state index < -0.39 is 12.0 Å². The van der Waals surface area contributed by atoms with Crippen LogP contribution in [0.4, 0.5) is 0 Å². The number of fused-ring (bicyclic) bond motifs is 1. The summed E-state index contributed by atoms with van der Waals surface area (Å²) in [5, 5.41) is 22.6. The van der Waals surface area contributed by atoms with Gasteiger partial charge >= 0.3 is 0 Å². The molecule has 3 unspecified atom stereocenters. The summed E-state index contributed by atoms with van der Waals surface area (Å²) in [7, 11) is 0. The number of aliphatic hydroxyl groups is 1. The van der Waals surface area contributed by atoms with Gasteiger partial charge in [0.2, 0.25) is 0 Å². The van der Waals surface area contributed by atoms with E-state index in [2.05, 4.69) is 59.5 Å². The summed E-state index contributed by atoms with van der Waals surface area (Å²) < 4.78 is 0. The highest BCUT2D eigenvalue weighted by Crippen LogP contribution is 2.42. The number of nitrogens with two attached hydrogens (primary N) is 1. The number of aryl methyl sites for hydroxylation is 2. The van der Waals surface area contributed by atoms with Crippen LogP contribution in [-0.2, 0) is 6.54 Å². The van der Waals surface area contributed by atoms with Gasteiger partial charge in [-0.3, -0.25) is 9.89 Å². The number of aliphatic hydroxyl groups excluding tert-OH is 1. The molecule has 1 aliphatic rings. The van der Waals surface area contributed by atoms with Crippen molar-refractivity contribution >= 4 is 16.9 Å². The first-order valence-corrected chi connectivity index (χ1v) is 10.9. The van der Waals surface area contributed by atoms with Gasteiger partial charge in [-0.1, -0.05) is 25.1 Å². The van der Waals surface area contributed by atoms with Crippen LogP contribution < -0.4 is 11.1 Å². The zero-order chi connectivity index (χ0) is 22.2. The third-order valence-electron chi connectivity index (χ3n) is 7.07. The fourth-order valence-electron chi connectivity index (χ4n) is 4.93. The van der Waals surface area contributed by atoms with Crippen molar-refractivity contribution in [3.63, 3.8) is 0 Å². The normalized spacial score (nSPS) is 23.9. The lowest BCUT2D eigenvalue weighted by atomic mass is 9.70. The minimum atomic E-state index is -0.598. The van der Waals surface area contributed by atoms with Crippen LogP contribution in [-0.4, -0.2) is 37.8 Å². The van der Waals surface area contributed by atoms with E-state index in [0.717, 1.165) is 36.8 Å². The number of H-pyrrole nitrogens is 1. The number of nitrogens with one attached hydrogen (secondary N) is 2. The van der Waals surface area contributed by atoms with Crippen molar-refractivity contribution in [3.8, 4) is 0 Å². The first-order valence-electron chi connectivity index (χ1n) is 10.9. The highest BCUT2D eigenvalue weighted by atomic mass is 16.3. The largest absolute Gasteiger partial charge is 0.392 e. The zero-order valence-corrected chi connectivity index (χ0v) is 18.4. The maximum atomic E-state index is 12.1. The van der Waals surface area contributed by atoms with Crippen LogP contribution in [0.2, 0.25) is 0 Å². The summed E-state index contributed by atoms with van der Waals surface area (Å²) in [6.45, 7) is 7.18. The first-order chi connectivity index (χ1) is 14.8. The number of amides is 1. The molecule has 164 valence electrons. The minimum absolute atomic E-state index is 0.149. The molecule has 1 fully saturated rings. The molecule has 5 N–H and O–H groups in total. The highest BCUT2D eigenvalue weighted by Gasteiger charge is 2.41. The van der Waals surface area contributed by atoms with Crippen LogP contribution >= 0.6 is 0 Å². The van der Waals surface area contributed by atoms with Crippen molar-refractivity contribution < 1.29 is 9.90 Å². The Morgan fingerprint density at radius 1 is 1.32 bits per heavy atom. The highest BCUT2D eigenvalue weighted by molar-refractivity contribution is 5.98. The Balaban J connectivity index is 1.57. The van der Waals surface area contributed by atoms with Gasteiger partial charge in [0.1, 0.15) is 0 Å². The Hall–Kier alpha value is -2.77. The van der Waals surface area contributed by atoms with E-state index in [1.165, 1.54) is 22.9 Å². The fourth-order valence-corrected chi connectivity index (χ4v) is 4.93. The van der Waals surface area contributed by atoms with E-state index >= 15 is 0 Å². The van der Waals surface area contributed by atoms with E-state index in [-0.39, 0.29) is 11.5 Å². The standard InChI is InChI=1S/C24H31N5O2/c1-4-24(27-11-16-6-5-14(2)15(3)9-16)8-7-17(20(30)10-24)21-18(22(25)31)12-26-23-19(21)13-28-29-23/h5-6,9,12-13,17,20,27,30H,4,7-8,10-11H2,1-3H3,(H2,25,31)(H,26,28,29). The summed E-state index contributed by atoms with van der Waals surface area (Å²) in [6, 6.07) is 6.54. The Morgan fingerprint density at radius 3 is 2.81 bits per heavy atom. The molecule has 1 saturated carbocycles. The predicted octanol–water partition coefficient (Wildman–Crippen LogP) is 3.24. The Morgan fingerprint density at radius 2 is 2.13 bits per heavy atom. The summed E-state index contributed by atoms with van der Waals surface area (Å²) in [6.07, 6.45) is 5.73. The van der Waals surface area contributed by atoms with Gasteiger partial charge in [0.15, 0.2) is 5.65 Å². The molecule has 3 aromatic rings.